The number of nitrogens with zero attached hydrogens (tertiary/aromatic N) is 1. The van der Waals surface area contributed by atoms with Gasteiger partial charge in [-0.3, -0.25) is 9.78 Å². The van der Waals surface area contributed by atoms with E-state index in [1.165, 1.54) is 6.07 Å². The number of piperidine rings is 1. The van der Waals surface area contributed by atoms with E-state index >= 15 is 0 Å². The molecule has 0 aliphatic carbocycles. The highest BCUT2D eigenvalue weighted by Crippen LogP contribution is 2.31. The molecule has 3 rings (SSSR count). The molecule has 1 fully saturated rings. The summed E-state index contributed by atoms with van der Waals surface area (Å²) in [6, 6.07) is 7.91. The molecule has 2 aromatic rings. The molecule has 1 atom stereocenters. The van der Waals surface area contributed by atoms with E-state index in [1.54, 1.807) is 18.5 Å². The second-order valence-electron chi connectivity index (χ2n) is 7.89. The van der Waals surface area contributed by atoms with Crippen molar-refractivity contribution in [1.29, 1.82) is 0 Å². The molecule has 1 amide bonds. The van der Waals surface area contributed by atoms with Crippen LogP contribution >= 0.6 is 0 Å². The van der Waals surface area contributed by atoms with Gasteiger partial charge in [0.15, 0.2) is 0 Å². The molecule has 31 heavy (non-hydrogen) atoms. The summed E-state index contributed by atoms with van der Waals surface area (Å²) < 4.78 is 39.6. The lowest BCUT2D eigenvalue weighted by atomic mass is 9.94. The Labute approximate surface area is 180 Å². The first-order chi connectivity index (χ1) is 14.9. The molecular weight excluding hydrogens is 405 g/mol. The van der Waals surface area contributed by atoms with Crippen LogP contribution in [0.5, 0.6) is 0 Å². The number of carbonyl (C=O) groups excluding carboxylic acids is 1. The summed E-state index contributed by atoms with van der Waals surface area (Å²) in [5.74, 6) is 0.240. The van der Waals surface area contributed by atoms with Crippen LogP contribution in [0.1, 0.15) is 42.0 Å². The maximum absolute atomic E-state index is 13.2. The average Bonchev–Trinajstić information content (AvgIpc) is 2.77. The number of carbonyl (C=O) groups is 1. The SMILES string of the molecule is O=C(NCCc1ccncc1)[C@@H](NCCC1CCNCC1)c1cccc(C(F)(F)F)c1. The van der Waals surface area contributed by atoms with Gasteiger partial charge in [-0.15, -0.1) is 0 Å². The van der Waals surface area contributed by atoms with Gasteiger partial charge in [-0.25, -0.2) is 0 Å². The zero-order valence-electron chi connectivity index (χ0n) is 17.4. The third-order valence-electron chi connectivity index (χ3n) is 5.63. The van der Waals surface area contributed by atoms with Crippen molar-refractivity contribution in [2.45, 2.75) is 37.9 Å². The first-order valence-corrected chi connectivity index (χ1v) is 10.7. The van der Waals surface area contributed by atoms with Gasteiger partial charge >= 0.3 is 6.18 Å². The van der Waals surface area contributed by atoms with Gasteiger partial charge in [0.25, 0.3) is 0 Å². The van der Waals surface area contributed by atoms with Gasteiger partial charge in [-0.1, -0.05) is 12.1 Å². The Hall–Kier alpha value is -2.45. The van der Waals surface area contributed by atoms with Crippen LogP contribution in [0, 0.1) is 5.92 Å². The number of hydrogen-bond acceptors (Lipinski definition) is 4. The van der Waals surface area contributed by atoms with E-state index in [-0.39, 0.29) is 5.91 Å². The Morgan fingerprint density at radius 3 is 2.58 bits per heavy atom. The van der Waals surface area contributed by atoms with Crippen molar-refractivity contribution in [3.63, 3.8) is 0 Å². The maximum atomic E-state index is 13.2. The molecule has 1 saturated heterocycles. The molecule has 0 saturated carbocycles. The number of nitrogens with one attached hydrogen (secondary N) is 3. The quantitative estimate of drug-likeness (QED) is 0.565. The largest absolute Gasteiger partial charge is 0.416 e. The van der Waals surface area contributed by atoms with Crippen molar-refractivity contribution < 1.29 is 18.0 Å². The zero-order chi connectivity index (χ0) is 22.1. The molecule has 8 heteroatoms. The van der Waals surface area contributed by atoms with Crippen molar-refractivity contribution in [2.24, 2.45) is 5.92 Å². The summed E-state index contributed by atoms with van der Waals surface area (Å²) in [5.41, 5.74) is 0.603. The summed E-state index contributed by atoms with van der Waals surface area (Å²) in [6.07, 6.45) is 2.59. The Morgan fingerprint density at radius 1 is 1.13 bits per heavy atom. The number of aromatic nitrogens is 1. The fourth-order valence-corrected chi connectivity index (χ4v) is 3.84. The molecule has 3 N–H and O–H groups in total. The zero-order valence-corrected chi connectivity index (χ0v) is 17.4. The monoisotopic (exact) mass is 434 g/mol. The second-order valence-corrected chi connectivity index (χ2v) is 7.89. The molecule has 5 nitrogen and oxygen atoms in total. The third-order valence-corrected chi connectivity index (χ3v) is 5.63. The first kappa shape index (κ1) is 23.2. The van der Waals surface area contributed by atoms with Crippen LogP contribution in [0.25, 0.3) is 0 Å². The molecule has 0 radical (unpaired) electrons. The molecular formula is C23H29F3N4O. The van der Waals surface area contributed by atoms with Crippen molar-refractivity contribution in [3.8, 4) is 0 Å². The van der Waals surface area contributed by atoms with Crippen molar-refractivity contribution >= 4 is 5.91 Å². The van der Waals surface area contributed by atoms with Gasteiger partial charge in [0.2, 0.25) is 5.91 Å². The Bertz CT molecular complexity index is 823. The molecule has 1 aromatic heterocycles. The molecule has 1 aromatic carbocycles. The van der Waals surface area contributed by atoms with E-state index in [9.17, 15) is 18.0 Å². The summed E-state index contributed by atoms with van der Waals surface area (Å²) in [6.45, 7) is 2.94. The van der Waals surface area contributed by atoms with E-state index < -0.39 is 17.8 Å². The molecule has 0 spiro atoms. The fraction of sp³-hybridized carbons (Fsp3) is 0.478. The highest BCUT2D eigenvalue weighted by molar-refractivity contribution is 5.83. The number of hydrogen-bond donors (Lipinski definition) is 3. The van der Waals surface area contributed by atoms with Gasteiger partial charge in [-0.05, 0) is 86.6 Å². The van der Waals surface area contributed by atoms with Crippen LogP contribution in [-0.4, -0.2) is 37.1 Å². The lowest BCUT2D eigenvalue weighted by molar-refractivity contribution is -0.137. The van der Waals surface area contributed by atoms with Gasteiger partial charge in [0, 0.05) is 18.9 Å². The number of halogens is 3. The van der Waals surface area contributed by atoms with E-state index in [1.807, 2.05) is 12.1 Å². The first-order valence-electron chi connectivity index (χ1n) is 10.7. The Kier molecular flexibility index (Phi) is 8.43. The van der Waals surface area contributed by atoms with Crippen molar-refractivity contribution in [3.05, 3.63) is 65.5 Å². The second kappa shape index (κ2) is 11.2. The number of amides is 1. The summed E-state index contributed by atoms with van der Waals surface area (Å²) >= 11 is 0. The summed E-state index contributed by atoms with van der Waals surface area (Å²) in [5, 5.41) is 9.38. The smallest absolute Gasteiger partial charge is 0.354 e. The van der Waals surface area contributed by atoms with Gasteiger partial charge in [0.1, 0.15) is 6.04 Å². The van der Waals surface area contributed by atoms with E-state index in [4.69, 9.17) is 0 Å². The molecule has 1 aliphatic rings. The topological polar surface area (TPSA) is 66.0 Å². The van der Waals surface area contributed by atoms with Gasteiger partial charge in [-0.2, -0.15) is 13.2 Å². The number of rotatable bonds is 9. The highest BCUT2D eigenvalue weighted by atomic mass is 19.4. The maximum Gasteiger partial charge on any atom is 0.416 e. The number of pyridine rings is 1. The lowest BCUT2D eigenvalue weighted by Crippen LogP contribution is -2.39. The van der Waals surface area contributed by atoms with Crippen LogP contribution in [0.15, 0.2) is 48.8 Å². The number of benzene rings is 1. The molecule has 2 heterocycles. The lowest BCUT2D eigenvalue weighted by Gasteiger charge is -2.24. The van der Waals surface area contributed by atoms with Crippen LogP contribution in [0.2, 0.25) is 0 Å². The van der Waals surface area contributed by atoms with E-state index in [0.717, 1.165) is 50.0 Å². The van der Waals surface area contributed by atoms with E-state index in [0.29, 0.717) is 31.0 Å². The van der Waals surface area contributed by atoms with Gasteiger partial charge in [0.05, 0.1) is 5.56 Å². The summed E-state index contributed by atoms with van der Waals surface area (Å²) in [4.78, 5) is 16.9. The van der Waals surface area contributed by atoms with Crippen molar-refractivity contribution in [2.75, 3.05) is 26.2 Å². The predicted octanol–water partition coefficient (Wildman–Crippen LogP) is 3.48. The highest BCUT2D eigenvalue weighted by Gasteiger charge is 2.32. The van der Waals surface area contributed by atoms with E-state index in [2.05, 4.69) is 20.9 Å². The van der Waals surface area contributed by atoms with Crippen LogP contribution in [0.4, 0.5) is 13.2 Å². The van der Waals surface area contributed by atoms with Crippen LogP contribution < -0.4 is 16.0 Å². The minimum Gasteiger partial charge on any atom is -0.354 e. The molecule has 0 bridgehead atoms. The summed E-state index contributed by atoms with van der Waals surface area (Å²) in [7, 11) is 0. The minimum atomic E-state index is -4.45. The standard InChI is InChI=1S/C23H29F3N4O/c24-23(25,26)20-3-1-2-19(16-20)21(29-14-8-17-4-10-27-11-5-17)22(31)30-15-9-18-6-12-28-13-7-18/h1-3,6-7,12-13,16-17,21,27,29H,4-5,8-11,14-15H2,(H,30,31)/t21-/m0/s1. The third kappa shape index (κ3) is 7.33. The molecule has 1 aliphatic heterocycles. The fourth-order valence-electron chi connectivity index (χ4n) is 3.84. The predicted molar refractivity (Wildman–Crippen MR) is 113 cm³/mol. The normalized spacial score (nSPS) is 16.1. The molecule has 0 unspecified atom stereocenters. The average molecular weight is 435 g/mol. The minimum absolute atomic E-state index is 0.321. The number of alkyl halides is 3. The molecule has 168 valence electrons. The van der Waals surface area contributed by atoms with Gasteiger partial charge < -0.3 is 16.0 Å². The van der Waals surface area contributed by atoms with Crippen LogP contribution in [0.3, 0.4) is 0 Å². The Balaban J connectivity index is 1.64. The van der Waals surface area contributed by atoms with Crippen LogP contribution in [-0.2, 0) is 17.4 Å². The van der Waals surface area contributed by atoms with Crippen molar-refractivity contribution in [1.82, 2.24) is 20.9 Å². The Morgan fingerprint density at radius 2 is 1.87 bits per heavy atom.